The lowest BCUT2D eigenvalue weighted by atomic mass is 9.69. The van der Waals surface area contributed by atoms with Gasteiger partial charge in [-0.3, -0.25) is 14.6 Å². The van der Waals surface area contributed by atoms with Crippen molar-refractivity contribution in [1.29, 1.82) is 0 Å². The second-order valence-corrected chi connectivity index (χ2v) is 8.87. The average Bonchev–Trinajstić information content (AvgIpc) is 3.29. The molecular formula is C22H31N3O3. The standard InChI is InChI=1S/C22H31N3O3/c1-16(2)8-9-22(21(27)24-11-13-28-14-12-24)15-17-6-7-19(22)25(17)20(26)18-5-3-4-10-23-18/h3-5,10,16-17,19H,6-9,11-15H2,1-2H3/t17-,19+,22+/m1/s1. The molecule has 3 aliphatic rings. The minimum absolute atomic E-state index is 0.0129. The molecule has 3 saturated heterocycles. The van der Waals surface area contributed by atoms with Crippen LogP contribution in [0.25, 0.3) is 0 Å². The van der Waals surface area contributed by atoms with Gasteiger partial charge in [-0.25, -0.2) is 0 Å². The summed E-state index contributed by atoms with van der Waals surface area (Å²) in [5.41, 5.74) is 0.0347. The Morgan fingerprint density at radius 2 is 2.04 bits per heavy atom. The van der Waals surface area contributed by atoms with Crippen LogP contribution in [0.15, 0.2) is 24.4 Å². The molecule has 1 aromatic rings. The fourth-order valence-electron chi connectivity index (χ4n) is 5.34. The van der Waals surface area contributed by atoms with Gasteiger partial charge in [0.15, 0.2) is 0 Å². The maximum absolute atomic E-state index is 13.7. The maximum atomic E-state index is 13.7. The van der Waals surface area contributed by atoms with Gasteiger partial charge in [0.05, 0.1) is 18.6 Å². The van der Waals surface area contributed by atoms with Gasteiger partial charge in [-0.2, -0.15) is 0 Å². The first-order valence-electron chi connectivity index (χ1n) is 10.6. The number of pyridine rings is 1. The summed E-state index contributed by atoms with van der Waals surface area (Å²) < 4.78 is 5.46. The van der Waals surface area contributed by atoms with E-state index < -0.39 is 5.41 Å². The van der Waals surface area contributed by atoms with Gasteiger partial charge in [-0.15, -0.1) is 0 Å². The van der Waals surface area contributed by atoms with Crippen LogP contribution in [0.1, 0.15) is 56.4 Å². The minimum atomic E-state index is -0.449. The smallest absolute Gasteiger partial charge is 0.272 e. The molecule has 0 aliphatic carbocycles. The largest absolute Gasteiger partial charge is 0.378 e. The fourth-order valence-corrected chi connectivity index (χ4v) is 5.34. The van der Waals surface area contributed by atoms with E-state index in [2.05, 4.69) is 18.8 Å². The lowest BCUT2D eigenvalue weighted by molar-refractivity contribution is -0.149. The van der Waals surface area contributed by atoms with E-state index in [1.54, 1.807) is 12.3 Å². The Labute approximate surface area is 167 Å². The van der Waals surface area contributed by atoms with E-state index in [1.165, 1.54) is 0 Å². The molecule has 152 valence electrons. The quantitative estimate of drug-likeness (QED) is 0.782. The van der Waals surface area contributed by atoms with E-state index in [-0.39, 0.29) is 23.9 Å². The fraction of sp³-hybridized carbons (Fsp3) is 0.682. The monoisotopic (exact) mass is 385 g/mol. The van der Waals surface area contributed by atoms with Crippen LogP contribution in [-0.2, 0) is 9.53 Å². The van der Waals surface area contributed by atoms with Crippen LogP contribution < -0.4 is 0 Å². The summed E-state index contributed by atoms with van der Waals surface area (Å²) in [6.45, 7) is 6.95. The van der Waals surface area contributed by atoms with Crippen molar-refractivity contribution < 1.29 is 14.3 Å². The van der Waals surface area contributed by atoms with Crippen LogP contribution in [0, 0.1) is 11.3 Å². The van der Waals surface area contributed by atoms with E-state index in [0.717, 1.165) is 32.1 Å². The minimum Gasteiger partial charge on any atom is -0.378 e. The van der Waals surface area contributed by atoms with Gasteiger partial charge in [0.1, 0.15) is 5.69 Å². The first-order valence-corrected chi connectivity index (χ1v) is 10.6. The molecule has 28 heavy (non-hydrogen) atoms. The van der Waals surface area contributed by atoms with Crippen molar-refractivity contribution in [2.24, 2.45) is 11.3 Å². The van der Waals surface area contributed by atoms with Crippen LogP contribution in [0.5, 0.6) is 0 Å². The highest BCUT2D eigenvalue weighted by molar-refractivity contribution is 5.95. The Bertz CT molecular complexity index is 717. The predicted octanol–water partition coefficient (Wildman–Crippen LogP) is 2.74. The molecule has 0 spiro atoms. The van der Waals surface area contributed by atoms with E-state index in [0.29, 0.717) is 37.9 Å². The summed E-state index contributed by atoms with van der Waals surface area (Å²) in [6.07, 6.45) is 6.22. The Morgan fingerprint density at radius 3 is 2.71 bits per heavy atom. The Balaban J connectivity index is 1.63. The summed E-state index contributed by atoms with van der Waals surface area (Å²) >= 11 is 0. The zero-order valence-corrected chi connectivity index (χ0v) is 17.0. The molecule has 4 heterocycles. The lowest BCUT2D eigenvalue weighted by Gasteiger charge is -2.41. The van der Waals surface area contributed by atoms with Gasteiger partial charge in [-0.05, 0) is 50.2 Å². The van der Waals surface area contributed by atoms with E-state index >= 15 is 0 Å². The van der Waals surface area contributed by atoms with E-state index in [1.807, 2.05) is 21.9 Å². The van der Waals surface area contributed by atoms with Gasteiger partial charge in [0.2, 0.25) is 5.91 Å². The van der Waals surface area contributed by atoms with Gasteiger partial charge < -0.3 is 14.5 Å². The number of nitrogens with zero attached hydrogens (tertiary/aromatic N) is 3. The van der Waals surface area contributed by atoms with Gasteiger partial charge in [-0.1, -0.05) is 19.9 Å². The number of carbonyl (C=O) groups is 2. The normalized spacial score (nSPS) is 29.5. The number of rotatable bonds is 5. The maximum Gasteiger partial charge on any atom is 0.272 e. The molecule has 3 atom stereocenters. The highest BCUT2D eigenvalue weighted by atomic mass is 16.5. The molecule has 3 fully saturated rings. The van der Waals surface area contributed by atoms with Gasteiger partial charge >= 0.3 is 0 Å². The van der Waals surface area contributed by atoms with E-state index in [9.17, 15) is 9.59 Å². The van der Waals surface area contributed by atoms with Crippen molar-refractivity contribution in [2.45, 2.75) is 58.0 Å². The lowest BCUT2D eigenvalue weighted by Crippen LogP contribution is -2.54. The molecular weight excluding hydrogens is 354 g/mol. The first kappa shape index (κ1) is 19.4. The number of hydrogen-bond acceptors (Lipinski definition) is 4. The first-order chi connectivity index (χ1) is 13.5. The van der Waals surface area contributed by atoms with Crippen LogP contribution >= 0.6 is 0 Å². The Hall–Kier alpha value is -1.95. The second kappa shape index (κ2) is 7.82. The second-order valence-electron chi connectivity index (χ2n) is 8.87. The highest BCUT2D eigenvalue weighted by Crippen LogP contribution is 2.54. The molecule has 6 nitrogen and oxygen atoms in total. The van der Waals surface area contributed by atoms with Crippen molar-refractivity contribution in [1.82, 2.24) is 14.8 Å². The number of amides is 2. The number of fused-ring (bicyclic) bond motifs is 2. The van der Waals surface area contributed by atoms with Crippen molar-refractivity contribution in [3.8, 4) is 0 Å². The number of morpholine rings is 1. The molecule has 4 rings (SSSR count). The third-order valence-electron chi connectivity index (χ3n) is 6.75. The number of carbonyl (C=O) groups excluding carboxylic acids is 2. The zero-order chi connectivity index (χ0) is 19.7. The molecule has 0 saturated carbocycles. The predicted molar refractivity (Wildman–Crippen MR) is 106 cm³/mol. The summed E-state index contributed by atoms with van der Waals surface area (Å²) in [4.78, 5) is 35.3. The van der Waals surface area contributed by atoms with Crippen molar-refractivity contribution in [3.63, 3.8) is 0 Å². The zero-order valence-electron chi connectivity index (χ0n) is 17.0. The molecule has 6 heteroatoms. The van der Waals surface area contributed by atoms with Gasteiger partial charge in [0.25, 0.3) is 5.91 Å². The Morgan fingerprint density at radius 1 is 1.25 bits per heavy atom. The van der Waals surface area contributed by atoms with Crippen LogP contribution in [-0.4, -0.2) is 65.0 Å². The van der Waals surface area contributed by atoms with Crippen molar-refractivity contribution in [3.05, 3.63) is 30.1 Å². The molecule has 0 unspecified atom stereocenters. The molecule has 2 amide bonds. The molecule has 1 aromatic heterocycles. The van der Waals surface area contributed by atoms with Crippen LogP contribution in [0.4, 0.5) is 0 Å². The SMILES string of the molecule is CC(C)CC[C@]1(C(=O)N2CCOCC2)C[C@H]2CC[C@@H]1N2C(=O)c1ccccn1. The summed E-state index contributed by atoms with van der Waals surface area (Å²) in [5, 5.41) is 0. The molecule has 2 bridgehead atoms. The third kappa shape index (κ3) is 3.32. The van der Waals surface area contributed by atoms with Crippen LogP contribution in [0.2, 0.25) is 0 Å². The summed E-state index contributed by atoms with van der Waals surface area (Å²) in [6, 6.07) is 5.59. The molecule has 0 radical (unpaired) electrons. The molecule has 0 aromatic carbocycles. The average molecular weight is 386 g/mol. The van der Waals surface area contributed by atoms with Crippen LogP contribution in [0.3, 0.4) is 0 Å². The van der Waals surface area contributed by atoms with E-state index in [4.69, 9.17) is 4.74 Å². The third-order valence-corrected chi connectivity index (χ3v) is 6.75. The van der Waals surface area contributed by atoms with Gasteiger partial charge in [0, 0.05) is 31.4 Å². The number of ether oxygens (including phenoxy) is 1. The number of aromatic nitrogens is 1. The molecule has 0 N–H and O–H groups in total. The van der Waals surface area contributed by atoms with Crippen molar-refractivity contribution >= 4 is 11.8 Å². The highest BCUT2D eigenvalue weighted by Gasteiger charge is 2.61. The van der Waals surface area contributed by atoms with Crippen molar-refractivity contribution in [2.75, 3.05) is 26.3 Å². The number of hydrogen-bond donors (Lipinski definition) is 0. The topological polar surface area (TPSA) is 62.7 Å². The summed E-state index contributed by atoms with van der Waals surface area (Å²) in [5.74, 6) is 0.755. The molecule has 3 aliphatic heterocycles. The Kier molecular flexibility index (Phi) is 5.41. The summed E-state index contributed by atoms with van der Waals surface area (Å²) in [7, 11) is 0.